The molecule has 4 saturated carbocycles. The molecule has 200 valence electrons. The van der Waals surface area contributed by atoms with Crippen LogP contribution in [0, 0.1) is 46.3 Å². The average molecular weight is 487 g/mol. The molecular weight excluding hydrogens is 432 g/mol. The highest BCUT2D eigenvalue weighted by atomic mass is 16.3. The second-order valence-electron chi connectivity index (χ2n) is 13.6. The summed E-state index contributed by atoms with van der Waals surface area (Å²) in [7, 11) is 2.03. The van der Waals surface area contributed by atoms with E-state index in [1.165, 1.54) is 51.4 Å². The number of rotatable bonds is 10. The van der Waals surface area contributed by atoms with Gasteiger partial charge in [0.2, 0.25) is 0 Å². The van der Waals surface area contributed by atoms with Gasteiger partial charge in [-0.3, -0.25) is 4.79 Å². The molecule has 0 aromatic carbocycles. The largest absolute Gasteiger partial charge is 0.393 e. The minimum Gasteiger partial charge on any atom is -0.393 e. The van der Waals surface area contributed by atoms with Crippen LogP contribution in [0.5, 0.6) is 0 Å². The molecule has 4 aliphatic carbocycles. The van der Waals surface area contributed by atoms with Gasteiger partial charge in [0.1, 0.15) is 0 Å². The minimum absolute atomic E-state index is 0.134. The highest BCUT2D eigenvalue weighted by Gasteiger charge is 2.62. The maximum atomic E-state index is 12.2. The zero-order chi connectivity index (χ0) is 25.4. The molecule has 4 heteroatoms. The molecule has 0 heterocycles. The Hall–Kier alpha value is -0.710. The van der Waals surface area contributed by atoms with E-state index >= 15 is 0 Å². The van der Waals surface area contributed by atoms with Crippen LogP contribution in [0.15, 0.2) is 12.2 Å². The number of carbonyl (C=O) groups is 1. The average Bonchev–Trinajstić information content (AvgIpc) is 3.18. The Labute approximate surface area is 215 Å². The third kappa shape index (κ3) is 5.18. The monoisotopic (exact) mass is 486 g/mol. The van der Waals surface area contributed by atoms with E-state index < -0.39 is 0 Å². The van der Waals surface area contributed by atoms with Gasteiger partial charge in [-0.2, -0.15) is 0 Å². The van der Waals surface area contributed by atoms with Crippen molar-refractivity contribution in [3.63, 3.8) is 0 Å². The van der Waals surface area contributed by atoms with E-state index in [-0.39, 0.29) is 11.9 Å². The zero-order valence-corrected chi connectivity index (χ0v) is 23.4. The molecule has 4 rings (SSSR count). The molecule has 4 aliphatic rings. The van der Waals surface area contributed by atoms with E-state index in [9.17, 15) is 9.90 Å². The first-order valence-electron chi connectivity index (χ1n) is 14.9. The van der Waals surface area contributed by atoms with Gasteiger partial charge in [-0.05, 0) is 143 Å². The Balaban J connectivity index is 1.42. The van der Waals surface area contributed by atoms with Gasteiger partial charge in [0.05, 0.1) is 6.10 Å². The molecule has 4 nitrogen and oxygen atoms in total. The van der Waals surface area contributed by atoms with Crippen LogP contribution in [0.2, 0.25) is 0 Å². The van der Waals surface area contributed by atoms with Gasteiger partial charge in [0, 0.05) is 12.5 Å². The van der Waals surface area contributed by atoms with E-state index in [0.717, 1.165) is 25.9 Å². The number of aliphatic hydroxyl groups is 1. The highest BCUT2D eigenvalue weighted by molar-refractivity contribution is 5.94. The van der Waals surface area contributed by atoms with Gasteiger partial charge in [-0.25, -0.2) is 0 Å². The predicted octanol–water partition coefficient (Wildman–Crippen LogP) is 5.75. The van der Waals surface area contributed by atoms with Crippen LogP contribution >= 0.6 is 0 Å². The number of aliphatic hydroxyl groups excluding tert-OH is 1. The predicted molar refractivity (Wildman–Crippen MR) is 145 cm³/mol. The van der Waals surface area contributed by atoms with Crippen LogP contribution in [-0.2, 0) is 4.79 Å². The molecule has 0 radical (unpaired) electrons. The van der Waals surface area contributed by atoms with E-state index in [0.29, 0.717) is 64.4 Å². The Bertz CT molecular complexity index is 767. The Morgan fingerprint density at radius 1 is 1.06 bits per heavy atom. The van der Waals surface area contributed by atoms with Crippen LogP contribution < -0.4 is 10.6 Å². The number of hydrogen-bond acceptors (Lipinski definition) is 4. The standard InChI is InChI=1S/C31H54N2O2/c1-20(2)27(34)11-8-21(3)24-9-10-25-29-26(13-15-31(24,25)5)30(4)14-12-23(33-17-7-16-32-6)18-22(30)19-28(29)35/h21-26,28-29,32-33,35H,1,7-19H2,2-6H3/t21-,22-,23+,24?,25?,26?,28?,29?,30+,31-/m1/s1. The summed E-state index contributed by atoms with van der Waals surface area (Å²) in [6, 6.07) is 0.626. The molecule has 0 aromatic rings. The lowest BCUT2D eigenvalue weighted by Gasteiger charge is -2.62. The molecule has 0 aliphatic heterocycles. The SMILES string of the molecule is C=C(C)C(=O)CC[C@@H](C)C1CCC2C3C(O)C[C@H]4C[C@@H](NCCCNC)CC[C@]4(C)C3CC[C@@]21C. The molecule has 0 amide bonds. The zero-order valence-electron chi connectivity index (χ0n) is 23.4. The number of ketones is 1. The lowest BCUT2D eigenvalue weighted by Crippen LogP contribution is -2.59. The second kappa shape index (κ2) is 11.0. The van der Waals surface area contributed by atoms with Crippen LogP contribution in [0.3, 0.4) is 0 Å². The van der Waals surface area contributed by atoms with Gasteiger partial charge in [-0.1, -0.05) is 27.4 Å². The van der Waals surface area contributed by atoms with Gasteiger partial charge in [0.15, 0.2) is 5.78 Å². The minimum atomic E-state index is -0.134. The quantitative estimate of drug-likeness (QED) is 0.272. The Morgan fingerprint density at radius 3 is 2.49 bits per heavy atom. The fraction of sp³-hybridized carbons (Fsp3) is 0.903. The normalized spacial score (nSPS) is 43.7. The molecule has 0 aromatic heterocycles. The summed E-state index contributed by atoms with van der Waals surface area (Å²) in [6.45, 7) is 15.4. The van der Waals surface area contributed by atoms with Crippen molar-refractivity contribution in [3.8, 4) is 0 Å². The van der Waals surface area contributed by atoms with E-state index in [1.807, 2.05) is 14.0 Å². The fourth-order valence-corrected chi connectivity index (χ4v) is 9.73. The first-order valence-corrected chi connectivity index (χ1v) is 14.9. The highest BCUT2D eigenvalue weighted by Crippen LogP contribution is 2.68. The first-order chi connectivity index (χ1) is 16.6. The molecule has 3 N–H and O–H groups in total. The van der Waals surface area contributed by atoms with E-state index in [1.54, 1.807) is 0 Å². The second-order valence-corrected chi connectivity index (χ2v) is 13.6. The summed E-state index contributed by atoms with van der Waals surface area (Å²) < 4.78 is 0. The van der Waals surface area contributed by atoms with Crippen LogP contribution in [0.4, 0.5) is 0 Å². The topological polar surface area (TPSA) is 61.4 Å². The number of carbonyl (C=O) groups excluding carboxylic acids is 1. The van der Waals surface area contributed by atoms with Crippen LogP contribution in [-0.4, -0.2) is 43.2 Å². The third-order valence-electron chi connectivity index (χ3n) is 11.8. The fourth-order valence-electron chi connectivity index (χ4n) is 9.73. The van der Waals surface area contributed by atoms with Crippen molar-refractivity contribution in [1.29, 1.82) is 0 Å². The van der Waals surface area contributed by atoms with Gasteiger partial charge >= 0.3 is 0 Å². The number of fused-ring (bicyclic) bond motifs is 5. The van der Waals surface area contributed by atoms with Crippen molar-refractivity contribution in [2.24, 2.45) is 46.3 Å². The number of Topliss-reactive ketones (excluding diaryl/α,β-unsaturated/α-hetero) is 1. The summed E-state index contributed by atoms with van der Waals surface area (Å²) in [5, 5.41) is 18.7. The van der Waals surface area contributed by atoms with Crippen molar-refractivity contribution >= 4 is 5.78 Å². The van der Waals surface area contributed by atoms with Gasteiger partial charge in [-0.15, -0.1) is 0 Å². The van der Waals surface area contributed by atoms with Crippen molar-refractivity contribution < 1.29 is 9.90 Å². The molecule has 10 atom stereocenters. The van der Waals surface area contributed by atoms with Crippen molar-refractivity contribution in [1.82, 2.24) is 10.6 Å². The number of hydrogen-bond donors (Lipinski definition) is 3. The first kappa shape index (κ1) is 27.3. The van der Waals surface area contributed by atoms with Gasteiger partial charge in [0.25, 0.3) is 0 Å². The number of nitrogens with one attached hydrogen (secondary N) is 2. The summed E-state index contributed by atoms with van der Waals surface area (Å²) in [5.41, 5.74) is 1.42. The molecular formula is C31H54N2O2. The van der Waals surface area contributed by atoms with Crippen molar-refractivity contribution in [2.75, 3.05) is 20.1 Å². The molecule has 4 fully saturated rings. The van der Waals surface area contributed by atoms with E-state index in [4.69, 9.17) is 0 Å². The Morgan fingerprint density at radius 2 is 1.77 bits per heavy atom. The molecule has 35 heavy (non-hydrogen) atoms. The molecule has 0 bridgehead atoms. The summed E-state index contributed by atoms with van der Waals surface area (Å²) in [4.78, 5) is 12.2. The Kier molecular flexibility index (Phi) is 8.55. The molecule has 0 saturated heterocycles. The third-order valence-corrected chi connectivity index (χ3v) is 11.8. The summed E-state index contributed by atoms with van der Waals surface area (Å²) in [6.07, 6.45) is 12.7. The smallest absolute Gasteiger partial charge is 0.157 e. The molecule has 5 unspecified atom stereocenters. The van der Waals surface area contributed by atoms with Crippen LogP contribution in [0.25, 0.3) is 0 Å². The lowest BCUT2D eigenvalue weighted by atomic mass is 9.43. The van der Waals surface area contributed by atoms with Crippen molar-refractivity contribution in [2.45, 2.75) is 110 Å². The van der Waals surface area contributed by atoms with Crippen LogP contribution in [0.1, 0.15) is 98.3 Å². The maximum absolute atomic E-state index is 12.2. The van der Waals surface area contributed by atoms with Gasteiger partial charge < -0.3 is 15.7 Å². The lowest BCUT2D eigenvalue weighted by molar-refractivity contribution is -0.167. The van der Waals surface area contributed by atoms with E-state index in [2.05, 4.69) is 38.0 Å². The summed E-state index contributed by atoms with van der Waals surface area (Å²) in [5.74, 6) is 3.94. The number of allylic oxidation sites excluding steroid dienone is 1. The summed E-state index contributed by atoms with van der Waals surface area (Å²) >= 11 is 0. The van der Waals surface area contributed by atoms with Crippen molar-refractivity contribution in [3.05, 3.63) is 12.2 Å². The maximum Gasteiger partial charge on any atom is 0.157 e. The molecule has 0 spiro atoms.